The van der Waals surface area contributed by atoms with Crippen LogP contribution < -0.4 is 0 Å². The van der Waals surface area contributed by atoms with Crippen LogP contribution >= 0.6 is 0 Å². The fraction of sp³-hybridized carbons (Fsp3) is 1.00. The maximum Gasteiger partial charge on any atom is 0.147 e. The number of hydrogen-bond donors (Lipinski definition) is 0. The molecule has 0 unspecified atom stereocenters. The first-order chi connectivity index (χ1) is 5.47. The van der Waals surface area contributed by atoms with Crippen LogP contribution in [-0.4, -0.2) is 20.4 Å². The van der Waals surface area contributed by atoms with E-state index in [4.69, 9.17) is 0 Å². The minimum atomic E-state index is -2.74. The van der Waals surface area contributed by atoms with Crippen LogP contribution in [0.2, 0.25) is 0 Å². The quantitative estimate of drug-likeness (QED) is 0.666. The highest BCUT2D eigenvalue weighted by Crippen LogP contribution is 2.28. The molecule has 1 fully saturated rings. The summed E-state index contributed by atoms with van der Waals surface area (Å²) < 4.78 is 22.0. The molecule has 1 aliphatic rings. The van der Waals surface area contributed by atoms with Gasteiger partial charge in [-0.25, -0.2) is 8.42 Å². The molecule has 0 amide bonds. The van der Waals surface area contributed by atoms with Gasteiger partial charge >= 0.3 is 0 Å². The van der Waals surface area contributed by atoms with E-state index in [1.54, 1.807) is 0 Å². The molecule has 3 heteroatoms. The highest BCUT2D eigenvalue weighted by Gasteiger charge is 2.21. The summed E-state index contributed by atoms with van der Waals surface area (Å²) in [5.41, 5.74) is 0. The van der Waals surface area contributed by atoms with Crippen molar-refractivity contribution >= 4 is 9.84 Å². The van der Waals surface area contributed by atoms with Gasteiger partial charge < -0.3 is 0 Å². The summed E-state index contributed by atoms with van der Waals surface area (Å²) in [6, 6.07) is 0. The fourth-order valence-electron chi connectivity index (χ4n) is 1.92. The van der Waals surface area contributed by atoms with Crippen molar-refractivity contribution in [1.82, 2.24) is 0 Å². The van der Waals surface area contributed by atoms with Crippen molar-refractivity contribution in [2.24, 2.45) is 11.8 Å². The highest BCUT2D eigenvalue weighted by atomic mass is 32.2. The molecule has 0 atom stereocenters. The van der Waals surface area contributed by atoms with E-state index in [0.29, 0.717) is 11.7 Å². The Balaban J connectivity index is 2.36. The SMILES string of the molecule is CC1CCC(CS(C)(=O)=O)CC1. The summed E-state index contributed by atoms with van der Waals surface area (Å²) in [5, 5.41) is 0. The summed E-state index contributed by atoms with van der Waals surface area (Å²) in [4.78, 5) is 0. The average molecular weight is 190 g/mol. The van der Waals surface area contributed by atoms with Gasteiger partial charge in [-0.2, -0.15) is 0 Å². The Morgan fingerprint density at radius 2 is 1.67 bits per heavy atom. The molecule has 0 radical (unpaired) electrons. The molecule has 0 aromatic rings. The molecule has 72 valence electrons. The highest BCUT2D eigenvalue weighted by molar-refractivity contribution is 7.90. The number of rotatable bonds is 2. The standard InChI is InChI=1S/C9H18O2S/c1-8-3-5-9(6-4-8)7-12(2,10)11/h8-9H,3-7H2,1-2H3. The maximum absolute atomic E-state index is 11.0. The van der Waals surface area contributed by atoms with E-state index < -0.39 is 9.84 Å². The Bertz CT molecular complexity index is 223. The van der Waals surface area contributed by atoms with Crippen LogP contribution in [0.15, 0.2) is 0 Å². The number of sulfone groups is 1. The third-order valence-electron chi connectivity index (χ3n) is 2.67. The van der Waals surface area contributed by atoms with Crippen LogP contribution in [-0.2, 0) is 9.84 Å². The van der Waals surface area contributed by atoms with Crippen molar-refractivity contribution in [1.29, 1.82) is 0 Å². The molecule has 0 bridgehead atoms. The summed E-state index contributed by atoms with van der Waals surface area (Å²) in [6.45, 7) is 2.25. The Hall–Kier alpha value is -0.0500. The lowest BCUT2D eigenvalue weighted by atomic mass is 9.84. The second-order valence-electron chi connectivity index (χ2n) is 4.22. The largest absolute Gasteiger partial charge is 0.229 e. The lowest BCUT2D eigenvalue weighted by Gasteiger charge is -2.25. The summed E-state index contributed by atoms with van der Waals surface area (Å²) in [6.07, 6.45) is 5.97. The van der Waals surface area contributed by atoms with E-state index in [1.807, 2.05) is 0 Å². The smallest absolute Gasteiger partial charge is 0.147 e. The van der Waals surface area contributed by atoms with Gasteiger partial charge in [0.25, 0.3) is 0 Å². The Morgan fingerprint density at radius 1 is 1.17 bits per heavy atom. The van der Waals surface area contributed by atoms with E-state index in [2.05, 4.69) is 6.92 Å². The number of hydrogen-bond acceptors (Lipinski definition) is 2. The normalized spacial score (nSPS) is 31.8. The van der Waals surface area contributed by atoms with E-state index in [9.17, 15) is 8.42 Å². The first-order valence-electron chi connectivity index (χ1n) is 4.65. The zero-order valence-corrected chi connectivity index (χ0v) is 8.73. The lowest BCUT2D eigenvalue weighted by Crippen LogP contribution is -2.20. The van der Waals surface area contributed by atoms with Gasteiger partial charge in [-0.05, 0) is 24.7 Å². The van der Waals surface area contributed by atoms with Crippen molar-refractivity contribution in [3.05, 3.63) is 0 Å². The molecular formula is C9H18O2S. The molecule has 0 aromatic carbocycles. The van der Waals surface area contributed by atoms with E-state index >= 15 is 0 Å². The van der Waals surface area contributed by atoms with Crippen LogP contribution in [0.3, 0.4) is 0 Å². The van der Waals surface area contributed by atoms with Gasteiger partial charge in [0.15, 0.2) is 0 Å². The van der Waals surface area contributed by atoms with Gasteiger partial charge in [0.05, 0.1) is 5.75 Å². The summed E-state index contributed by atoms with van der Waals surface area (Å²) in [5.74, 6) is 1.65. The predicted molar refractivity (Wildman–Crippen MR) is 50.8 cm³/mol. The minimum absolute atomic E-state index is 0.402. The zero-order valence-electron chi connectivity index (χ0n) is 7.91. The van der Waals surface area contributed by atoms with Crippen molar-refractivity contribution in [2.75, 3.05) is 12.0 Å². The van der Waals surface area contributed by atoms with Crippen molar-refractivity contribution in [2.45, 2.75) is 32.6 Å². The average Bonchev–Trinajstić information content (AvgIpc) is 1.91. The van der Waals surface area contributed by atoms with Crippen molar-refractivity contribution < 1.29 is 8.42 Å². The molecule has 12 heavy (non-hydrogen) atoms. The molecule has 1 rings (SSSR count). The van der Waals surface area contributed by atoms with Crippen molar-refractivity contribution in [3.63, 3.8) is 0 Å². The van der Waals surface area contributed by atoms with Crippen LogP contribution in [0.1, 0.15) is 32.6 Å². The summed E-state index contributed by atoms with van der Waals surface area (Å²) in [7, 11) is -2.74. The topological polar surface area (TPSA) is 34.1 Å². The fourth-order valence-corrected chi connectivity index (χ4v) is 3.11. The maximum atomic E-state index is 11.0. The molecule has 0 N–H and O–H groups in total. The molecular weight excluding hydrogens is 172 g/mol. The van der Waals surface area contributed by atoms with Crippen molar-refractivity contribution in [3.8, 4) is 0 Å². The Kier molecular flexibility index (Phi) is 3.16. The monoisotopic (exact) mass is 190 g/mol. The zero-order chi connectivity index (χ0) is 9.19. The molecule has 0 saturated heterocycles. The molecule has 0 aromatic heterocycles. The molecule has 0 heterocycles. The van der Waals surface area contributed by atoms with E-state index in [-0.39, 0.29) is 0 Å². The Morgan fingerprint density at radius 3 is 2.08 bits per heavy atom. The Labute approximate surface area is 75.3 Å². The van der Waals surface area contributed by atoms with Crippen LogP contribution in [0.5, 0.6) is 0 Å². The van der Waals surface area contributed by atoms with Gasteiger partial charge in [-0.1, -0.05) is 19.8 Å². The van der Waals surface area contributed by atoms with Crippen LogP contribution in [0, 0.1) is 11.8 Å². The van der Waals surface area contributed by atoms with E-state index in [1.165, 1.54) is 19.1 Å². The third kappa shape index (κ3) is 3.57. The molecule has 0 spiro atoms. The van der Waals surface area contributed by atoms with Gasteiger partial charge in [-0.3, -0.25) is 0 Å². The van der Waals surface area contributed by atoms with Gasteiger partial charge in [0.2, 0.25) is 0 Å². The van der Waals surface area contributed by atoms with Crippen LogP contribution in [0.25, 0.3) is 0 Å². The van der Waals surface area contributed by atoms with Gasteiger partial charge in [0.1, 0.15) is 9.84 Å². The molecule has 1 saturated carbocycles. The first-order valence-corrected chi connectivity index (χ1v) is 6.71. The third-order valence-corrected chi connectivity index (χ3v) is 3.75. The second-order valence-corrected chi connectivity index (χ2v) is 6.40. The molecule has 2 nitrogen and oxygen atoms in total. The van der Waals surface area contributed by atoms with Gasteiger partial charge in [-0.15, -0.1) is 0 Å². The first kappa shape index (κ1) is 10.0. The van der Waals surface area contributed by atoms with Crippen LogP contribution in [0.4, 0.5) is 0 Å². The summed E-state index contributed by atoms with van der Waals surface area (Å²) >= 11 is 0. The lowest BCUT2D eigenvalue weighted by molar-refractivity contribution is 0.309. The molecule has 0 aliphatic heterocycles. The van der Waals surface area contributed by atoms with Gasteiger partial charge in [0, 0.05) is 6.26 Å². The minimum Gasteiger partial charge on any atom is -0.229 e. The molecule has 1 aliphatic carbocycles. The predicted octanol–water partition coefficient (Wildman–Crippen LogP) is 1.86. The second kappa shape index (κ2) is 3.77. The van der Waals surface area contributed by atoms with E-state index in [0.717, 1.165) is 18.8 Å².